The Morgan fingerprint density at radius 2 is 1.76 bits per heavy atom. The molecule has 0 bridgehead atoms. The Morgan fingerprint density at radius 1 is 1.04 bits per heavy atom. The Hall–Kier alpha value is -2.96. The molecule has 0 aliphatic carbocycles. The monoisotopic (exact) mass is 351 g/mol. The summed E-state index contributed by atoms with van der Waals surface area (Å²) in [6.07, 6.45) is -1.72. The van der Waals surface area contributed by atoms with Crippen LogP contribution in [-0.2, 0) is 11.0 Å². The number of halogens is 3. The minimum Gasteiger partial charge on any atom is -0.493 e. The summed E-state index contributed by atoms with van der Waals surface area (Å²) in [7, 11) is 3.00. The van der Waals surface area contributed by atoms with E-state index in [1.165, 1.54) is 38.5 Å². The summed E-state index contributed by atoms with van der Waals surface area (Å²) in [5.74, 6) is 0.505. The van der Waals surface area contributed by atoms with Gasteiger partial charge in [-0.3, -0.25) is 4.79 Å². The summed E-state index contributed by atoms with van der Waals surface area (Å²) in [5, 5.41) is 2.39. The number of carbonyl (C=O) groups excluding carboxylic acids is 1. The van der Waals surface area contributed by atoms with Crippen molar-refractivity contribution in [1.82, 2.24) is 0 Å². The van der Waals surface area contributed by atoms with Crippen molar-refractivity contribution in [3.8, 4) is 11.5 Å². The first-order valence-corrected chi connectivity index (χ1v) is 7.22. The number of alkyl halides is 3. The molecule has 2 aromatic rings. The molecule has 0 aliphatic rings. The van der Waals surface area contributed by atoms with Crippen molar-refractivity contribution in [2.24, 2.45) is 0 Å². The van der Waals surface area contributed by atoms with E-state index in [4.69, 9.17) is 9.47 Å². The lowest BCUT2D eigenvalue weighted by Crippen LogP contribution is -2.10. The van der Waals surface area contributed by atoms with E-state index in [0.717, 1.165) is 12.1 Å². The lowest BCUT2D eigenvalue weighted by atomic mass is 10.1. The SMILES string of the molecule is COc1ccc(/C=C/C(=O)Nc2cccc(C(F)(F)F)c2)cc1OC. The number of anilines is 1. The number of methoxy groups -OCH3 is 2. The molecule has 1 N–H and O–H groups in total. The number of nitrogens with one attached hydrogen (secondary N) is 1. The third-order valence-electron chi connectivity index (χ3n) is 3.29. The number of rotatable bonds is 5. The lowest BCUT2D eigenvalue weighted by molar-refractivity contribution is -0.137. The number of benzene rings is 2. The molecule has 4 nitrogen and oxygen atoms in total. The molecule has 0 spiro atoms. The molecular weight excluding hydrogens is 335 g/mol. The van der Waals surface area contributed by atoms with Crippen molar-refractivity contribution >= 4 is 17.7 Å². The Bertz CT molecular complexity index is 785. The fourth-order valence-corrected chi connectivity index (χ4v) is 2.09. The number of ether oxygens (including phenoxy) is 2. The van der Waals surface area contributed by atoms with E-state index in [9.17, 15) is 18.0 Å². The first-order valence-electron chi connectivity index (χ1n) is 7.22. The average Bonchev–Trinajstić information content (AvgIpc) is 2.59. The highest BCUT2D eigenvalue weighted by Gasteiger charge is 2.30. The van der Waals surface area contributed by atoms with Gasteiger partial charge in [0.2, 0.25) is 5.91 Å². The van der Waals surface area contributed by atoms with E-state index in [-0.39, 0.29) is 5.69 Å². The molecule has 7 heteroatoms. The van der Waals surface area contributed by atoms with Crippen LogP contribution in [-0.4, -0.2) is 20.1 Å². The quantitative estimate of drug-likeness (QED) is 0.814. The van der Waals surface area contributed by atoms with Crippen LogP contribution < -0.4 is 14.8 Å². The molecule has 0 saturated heterocycles. The van der Waals surface area contributed by atoms with Crippen LogP contribution >= 0.6 is 0 Å². The topological polar surface area (TPSA) is 47.6 Å². The first kappa shape index (κ1) is 18.4. The normalized spacial score (nSPS) is 11.4. The molecule has 2 rings (SSSR count). The van der Waals surface area contributed by atoms with Crippen LogP contribution in [0, 0.1) is 0 Å². The highest BCUT2D eigenvalue weighted by Crippen LogP contribution is 2.31. The highest BCUT2D eigenvalue weighted by atomic mass is 19.4. The second-order valence-electron chi connectivity index (χ2n) is 5.02. The molecule has 132 valence electrons. The van der Waals surface area contributed by atoms with E-state index < -0.39 is 17.6 Å². The van der Waals surface area contributed by atoms with Gasteiger partial charge in [-0.2, -0.15) is 13.2 Å². The number of carbonyl (C=O) groups is 1. The van der Waals surface area contributed by atoms with Crippen molar-refractivity contribution in [3.05, 3.63) is 59.7 Å². The largest absolute Gasteiger partial charge is 0.493 e. The first-order chi connectivity index (χ1) is 11.8. The molecule has 1 amide bonds. The van der Waals surface area contributed by atoms with Gasteiger partial charge in [0.25, 0.3) is 0 Å². The van der Waals surface area contributed by atoms with E-state index in [1.54, 1.807) is 18.2 Å². The maximum Gasteiger partial charge on any atom is 0.416 e. The molecule has 0 heterocycles. The molecule has 0 unspecified atom stereocenters. The summed E-state index contributed by atoms with van der Waals surface area (Å²) >= 11 is 0. The van der Waals surface area contributed by atoms with Gasteiger partial charge in [0, 0.05) is 11.8 Å². The fraction of sp³-hybridized carbons (Fsp3) is 0.167. The van der Waals surface area contributed by atoms with Gasteiger partial charge in [0.15, 0.2) is 11.5 Å². The maximum atomic E-state index is 12.7. The van der Waals surface area contributed by atoms with Gasteiger partial charge in [0.05, 0.1) is 19.8 Å². The van der Waals surface area contributed by atoms with Crippen LogP contribution in [0.3, 0.4) is 0 Å². The Morgan fingerprint density at radius 3 is 2.40 bits per heavy atom. The van der Waals surface area contributed by atoms with Gasteiger partial charge >= 0.3 is 6.18 Å². The average molecular weight is 351 g/mol. The molecule has 0 aromatic heterocycles. The second kappa shape index (κ2) is 7.74. The van der Waals surface area contributed by atoms with Crippen LogP contribution in [0.5, 0.6) is 11.5 Å². The minimum absolute atomic E-state index is 0.0665. The van der Waals surface area contributed by atoms with Crippen molar-refractivity contribution < 1.29 is 27.4 Å². The van der Waals surface area contributed by atoms with Crippen molar-refractivity contribution in [2.45, 2.75) is 6.18 Å². The van der Waals surface area contributed by atoms with Crippen LogP contribution in [0.1, 0.15) is 11.1 Å². The predicted molar refractivity (Wildman–Crippen MR) is 88.7 cm³/mol. The van der Waals surface area contributed by atoms with Gasteiger partial charge in [0.1, 0.15) is 0 Å². The van der Waals surface area contributed by atoms with Crippen LogP contribution in [0.25, 0.3) is 6.08 Å². The zero-order chi connectivity index (χ0) is 18.4. The van der Waals surface area contributed by atoms with Crippen LogP contribution in [0.4, 0.5) is 18.9 Å². The molecule has 25 heavy (non-hydrogen) atoms. The van der Waals surface area contributed by atoms with Crippen molar-refractivity contribution in [3.63, 3.8) is 0 Å². The van der Waals surface area contributed by atoms with Crippen molar-refractivity contribution in [1.29, 1.82) is 0 Å². The molecular formula is C18H16F3NO3. The summed E-state index contributed by atoms with van der Waals surface area (Å²) in [6.45, 7) is 0. The van der Waals surface area contributed by atoms with E-state index >= 15 is 0 Å². The zero-order valence-corrected chi connectivity index (χ0v) is 13.6. The summed E-state index contributed by atoms with van der Waals surface area (Å²) in [5.41, 5.74) is -0.0807. The number of hydrogen-bond donors (Lipinski definition) is 1. The fourth-order valence-electron chi connectivity index (χ4n) is 2.09. The van der Waals surface area contributed by atoms with Crippen molar-refractivity contribution in [2.75, 3.05) is 19.5 Å². The number of hydrogen-bond acceptors (Lipinski definition) is 3. The van der Waals surface area contributed by atoms with Gasteiger partial charge in [-0.1, -0.05) is 12.1 Å². The summed E-state index contributed by atoms with van der Waals surface area (Å²) in [4.78, 5) is 11.9. The number of amides is 1. The molecule has 0 atom stereocenters. The smallest absolute Gasteiger partial charge is 0.416 e. The molecule has 0 fully saturated rings. The van der Waals surface area contributed by atoms with E-state index in [0.29, 0.717) is 17.1 Å². The van der Waals surface area contributed by atoms with Gasteiger partial charge in [-0.25, -0.2) is 0 Å². The minimum atomic E-state index is -4.46. The molecule has 0 radical (unpaired) electrons. The van der Waals surface area contributed by atoms with E-state index in [1.807, 2.05) is 0 Å². The Kier molecular flexibility index (Phi) is 5.69. The molecule has 0 saturated carbocycles. The maximum absolute atomic E-state index is 12.7. The Balaban J connectivity index is 2.09. The zero-order valence-electron chi connectivity index (χ0n) is 13.6. The van der Waals surface area contributed by atoms with E-state index in [2.05, 4.69) is 5.32 Å². The summed E-state index contributed by atoms with van der Waals surface area (Å²) in [6, 6.07) is 9.51. The molecule has 0 aliphatic heterocycles. The highest BCUT2D eigenvalue weighted by molar-refractivity contribution is 6.02. The van der Waals surface area contributed by atoms with Gasteiger partial charge in [-0.15, -0.1) is 0 Å². The van der Waals surface area contributed by atoms with Gasteiger partial charge in [-0.05, 0) is 42.0 Å². The van der Waals surface area contributed by atoms with Gasteiger partial charge < -0.3 is 14.8 Å². The summed E-state index contributed by atoms with van der Waals surface area (Å²) < 4.78 is 48.3. The lowest BCUT2D eigenvalue weighted by Gasteiger charge is -2.09. The third kappa shape index (κ3) is 5.00. The second-order valence-corrected chi connectivity index (χ2v) is 5.02. The van der Waals surface area contributed by atoms with Crippen LogP contribution in [0.2, 0.25) is 0 Å². The van der Waals surface area contributed by atoms with Crippen LogP contribution in [0.15, 0.2) is 48.5 Å². The predicted octanol–water partition coefficient (Wildman–Crippen LogP) is 4.37. The third-order valence-corrected chi connectivity index (χ3v) is 3.29. The standard InChI is InChI=1S/C18H16F3NO3/c1-24-15-8-6-12(10-16(15)25-2)7-9-17(23)22-14-5-3-4-13(11-14)18(19,20)21/h3-11H,1-2H3,(H,22,23)/b9-7+. The Labute approximate surface area is 142 Å². The molecule has 2 aromatic carbocycles.